The van der Waals surface area contributed by atoms with Crippen LogP contribution in [0.4, 0.5) is 4.79 Å². The SMILES string of the molecule is C.CCC(=O)c1ccc(Cn2c3c(c4ccccc42)C2C(=O)N(C)C(=O)N2CC3)cc1.CCC(=O)c1ccc(Cn2c3c(c4ccccc42)C2C(=O)N(C)CC(=O)N2CC3)cc1. The molecule has 318 valence electrons. The lowest BCUT2D eigenvalue weighted by atomic mass is 9.93. The van der Waals surface area contributed by atoms with Gasteiger partial charge in [-0.05, 0) is 23.3 Å². The summed E-state index contributed by atoms with van der Waals surface area (Å²) in [5.41, 5.74) is 9.94. The zero-order chi connectivity index (χ0) is 42.7. The number of Topliss-reactive ketones (excluding diaryl/α,β-unsaturated/α-hetero) is 2. The molecule has 6 heterocycles. The third kappa shape index (κ3) is 6.87. The molecule has 2 unspecified atom stereocenters. The zero-order valence-corrected chi connectivity index (χ0v) is 34.9. The summed E-state index contributed by atoms with van der Waals surface area (Å²) in [4.78, 5) is 81.2. The third-order valence-electron chi connectivity index (χ3n) is 12.9. The van der Waals surface area contributed by atoms with Crippen LogP contribution in [-0.2, 0) is 40.3 Å². The van der Waals surface area contributed by atoms with E-state index in [9.17, 15) is 28.8 Å². The molecular weight excluding hydrogens is 781 g/mol. The number of amides is 5. The van der Waals surface area contributed by atoms with E-state index < -0.39 is 12.1 Å². The Balaban J connectivity index is 0.000000168. The van der Waals surface area contributed by atoms with E-state index in [1.54, 1.807) is 23.9 Å². The predicted molar refractivity (Wildman–Crippen MR) is 238 cm³/mol. The zero-order valence-electron chi connectivity index (χ0n) is 34.9. The molecule has 2 atom stereocenters. The first-order valence-electron chi connectivity index (χ1n) is 21.1. The number of aromatic nitrogens is 2. The molecule has 0 radical (unpaired) electrons. The number of carbonyl (C=O) groups is 6. The van der Waals surface area contributed by atoms with E-state index in [-0.39, 0.29) is 49.3 Å². The lowest BCUT2D eigenvalue weighted by molar-refractivity contribution is -0.155. The average molecular weight is 833 g/mol. The van der Waals surface area contributed by atoms with Crippen molar-refractivity contribution in [3.05, 3.63) is 142 Å². The number of hydrogen-bond acceptors (Lipinski definition) is 6. The molecule has 5 amide bonds. The molecule has 4 aliphatic heterocycles. The smallest absolute Gasteiger partial charge is 0.327 e. The van der Waals surface area contributed by atoms with Crippen molar-refractivity contribution in [1.82, 2.24) is 28.7 Å². The second-order valence-corrected chi connectivity index (χ2v) is 16.3. The summed E-state index contributed by atoms with van der Waals surface area (Å²) in [7, 11) is 3.26. The Bertz CT molecular complexity index is 2780. The minimum Gasteiger partial charge on any atom is -0.340 e. The Morgan fingerprint density at radius 1 is 0.581 bits per heavy atom. The molecule has 0 spiro atoms. The van der Waals surface area contributed by atoms with Crippen LogP contribution in [0, 0.1) is 0 Å². The largest absolute Gasteiger partial charge is 0.340 e. The minimum absolute atomic E-state index is 0. The lowest BCUT2D eigenvalue weighted by Gasteiger charge is -2.42. The summed E-state index contributed by atoms with van der Waals surface area (Å²) >= 11 is 0. The second kappa shape index (κ2) is 16.6. The summed E-state index contributed by atoms with van der Waals surface area (Å²) in [6, 6.07) is 30.4. The molecule has 2 fully saturated rings. The number of carbonyl (C=O) groups excluding carboxylic acids is 6. The number of rotatable bonds is 8. The number of piperazine rings is 1. The van der Waals surface area contributed by atoms with Gasteiger partial charge in [0.15, 0.2) is 11.6 Å². The highest BCUT2D eigenvalue weighted by Crippen LogP contribution is 2.43. The number of likely N-dealkylation sites (N-methyl/N-ethyl adjacent to an activating group) is 2. The van der Waals surface area contributed by atoms with Crippen molar-refractivity contribution in [2.75, 3.05) is 33.7 Å². The van der Waals surface area contributed by atoms with Crippen LogP contribution in [0.25, 0.3) is 21.8 Å². The Morgan fingerprint density at radius 3 is 1.48 bits per heavy atom. The predicted octanol–water partition coefficient (Wildman–Crippen LogP) is 7.59. The summed E-state index contributed by atoms with van der Waals surface area (Å²) in [5.74, 6) is 0.0990. The van der Waals surface area contributed by atoms with Crippen molar-refractivity contribution >= 4 is 57.1 Å². The number of para-hydroxylation sites is 2. The normalized spacial score (nSPS) is 17.9. The van der Waals surface area contributed by atoms with E-state index in [1.807, 2.05) is 98.8 Å². The van der Waals surface area contributed by atoms with Crippen LogP contribution in [-0.4, -0.2) is 97.8 Å². The molecule has 62 heavy (non-hydrogen) atoms. The van der Waals surface area contributed by atoms with Crippen LogP contribution >= 0.6 is 0 Å². The van der Waals surface area contributed by atoms with Crippen LogP contribution in [0.2, 0.25) is 0 Å². The minimum atomic E-state index is -0.550. The van der Waals surface area contributed by atoms with E-state index in [1.165, 1.54) is 9.80 Å². The van der Waals surface area contributed by atoms with Gasteiger partial charge in [-0.3, -0.25) is 28.9 Å². The van der Waals surface area contributed by atoms with Crippen molar-refractivity contribution in [3.8, 4) is 0 Å². The Morgan fingerprint density at radius 2 is 1.02 bits per heavy atom. The molecule has 4 aromatic carbocycles. The third-order valence-corrected chi connectivity index (χ3v) is 12.9. The van der Waals surface area contributed by atoms with Crippen LogP contribution in [0.1, 0.15) is 101 Å². The van der Waals surface area contributed by atoms with Crippen molar-refractivity contribution in [2.45, 2.75) is 72.1 Å². The van der Waals surface area contributed by atoms with Gasteiger partial charge in [-0.1, -0.05) is 106 Å². The van der Waals surface area contributed by atoms with E-state index in [0.29, 0.717) is 45.4 Å². The summed E-state index contributed by atoms with van der Waals surface area (Å²) in [6.07, 6.45) is 2.41. The van der Waals surface area contributed by atoms with E-state index in [4.69, 9.17) is 0 Å². The van der Waals surface area contributed by atoms with Gasteiger partial charge < -0.3 is 23.8 Å². The average Bonchev–Trinajstić information content (AvgIpc) is 3.86. The van der Waals surface area contributed by atoms with Crippen LogP contribution in [0.5, 0.6) is 0 Å². The molecule has 0 N–H and O–H groups in total. The number of ketones is 2. The van der Waals surface area contributed by atoms with Crippen molar-refractivity contribution in [2.24, 2.45) is 0 Å². The highest BCUT2D eigenvalue weighted by Gasteiger charge is 2.48. The summed E-state index contributed by atoms with van der Waals surface area (Å²) in [6.45, 7) is 6.27. The van der Waals surface area contributed by atoms with E-state index in [0.717, 1.165) is 73.0 Å². The highest BCUT2D eigenvalue weighted by molar-refractivity contribution is 6.07. The van der Waals surface area contributed by atoms with Gasteiger partial charge in [0.05, 0.1) is 6.54 Å². The van der Waals surface area contributed by atoms with Crippen LogP contribution < -0.4 is 0 Å². The number of imide groups is 1. The standard InChI is InChI=1S/C25H25N3O3.C24H23N3O3.CH4/c1-3-21(29)17-10-8-16(9-11-17)14-28-19-7-5-4-6-18(19)23-20(28)12-13-27-22(30)15-26(2)25(31)24(23)27;1-3-20(28)16-10-8-15(9-11-16)14-27-18-7-5-4-6-17(18)21-19(27)12-13-26-22(21)23(29)25(2)24(26)30;/h4-11,24H,3,12-15H2,1-2H3;4-11,22H,3,12-14H2,1-2H3;1H4. The molecule has 0 bridgehead atoms. The maximum Gasteiger partial charge on any atom is 0.327 e. The van der Waals surface area contributed by atoms with Crippen molar-refractivity contribution in [1.29, 1.82) is 0 Å². The molecule has 12 nitrogen and oxygen atoms in total. The molecular formula is C50H52N6O6. The lowest BCUT2D eigenvalue weighted by Crippen LogP contribution is -2.56. The quantitative estimate of drug-likeness (QED) is 0.115. The molecule has 10 rings (SSSR count). The first-order chi connectivity index (χ1) is 29.5. The molecule has 12 heteroatoms. The second-order valence-electron chi connectivity index (χ2n) is 16.3. The number of hydrogen-bond donors (Lipinski definition) is 0. The van der Waals surface area contributed by atoms with Gasteiger partial charge >= 0.3 is 6.03 Å². The van der Waals surface area contributed by atoms with Gasteiger partial charge in [-0.2, -0.15) is 0 Å². The molecule has 2 saturated heterocycles. The van der Waals surface area contributed by atoms with E-state index >= 15 is 0 Å². The summed E-state index contributed by atoms with van der Waals surface area (Å²) in [5, 5.41) is 2.05. The number of urea groups is 1. The fraction of sp³-hybridized carbons (Fsp3) is 0.320. The van der Waals surface area contributed by atoms with Crippen LogP contribution in [0.15, 0.2) is 97.1 Å². The van der Waals surface area contributed by atoms with Gasteiger partial charge in [-0.15, -0.1) is 0 Å². The highest BCUT2D eigenvalue weighted by atomic mass is 16.2. The molecule has 4 aliphatic rings. The fourth-order valence-electron chi connectivity index (χ4n) is 9.70. The van der Waals surface area contributed by atoms with Gasteiger partial charge in [0, 0.05) is 121 Å². The Labute approximate surface area is 361 Å². The van der Waals surface area contributed by atoms with Crippen molar-refractivity contribution < 1.29 is 28.8 Å². The van der Waals surface area contributed by atoms with Gasteiger partial charge in [0.2, 0.25) is 11.8 Å². The monoisotopic (exact) mass is 832 g/mol. The number of nitrogens with zero attached hydrogens (tertiary/aromatic N) is 6. The maximum absolute atomic E-state index is 13.1. The van der Waals surface area contributed by atoms with Gasteiger partial charge in [0.1, 0.15) is 12.1 Å². The van der Waals surface area contributed by atoms with E-state index in [2.05, 4.69) is 21.3 Å². The number of fused-ring (bicyclic) bond motifs is 10. The maximum atomic E-state index is 13.1. The molecule has 0 saturated carbocycles. The van der Waals surface area contributed by atoms with Gasteiger partial charge in [0.25, 0.3) is 5.91 Å². The Kier molecular flexibility index (Phi) is 11.2. The van der Waals surface area contributed by atoms with Gasteiger partial charge in [-0.25, -0.2) is 4.79 Å². The first kappa shape index (κ1) is 41.9. The summed E-state index contributed by atoms with van der Waals surface area (Å²) < 4.78 is 4.53. The van der Waals surface area contributed by atoms with Crippen LogP contribution in [0.3, 0.4) is 0 Å². The van der Waals surface area contributed by atoms with Crippen molar-refractivity contribution in [3.63, 3.8) is 0 Å². The molecule has 6 aromatic rings. The molecule has 0 aliphatic carbocycles. The Hall–Kier alpha value is -6.82. The fourth-order valence-corrected chi connectivity index (χ4v) is 9.70. The first-order valence-corrected chi connectivity index (χ1v) is 21.1. The molecule has 2 aromatic heterocycles. The topological polar surface area (TPSA) is 125 Å². The number of benzene rings is 4.